The number of nitrogens with zero attached hydrogens (tertiary/aromatic N) is 5. The predicted octanol–water partition coefficient (Wildman–Crippen LogP) is 3.00. The van der Waals surface area contributed by atoms with E-state index in [4.69, 9.17) is 20.2 Å². The van der Waals surface area contributed by atoms with Gasteiger partial charge in [-0.2, -0.15) is 0 Å². The summed E-state index contributed by atoms with van der Waals surface area (Å²) in [6.45, 7) is 3.43. The van der Waals surface area contributed by atoms with E-state index in [9.17, 15) is 9.59 Å². The number of aromatic nitrogens is 1. The van der Waals surface area contributed by atoms with Crippen LogP contribution in [0.25, 0.3) is 0 Å². The van der Waals surface area contributed by atoms with Crippen LogP contribution in [0.4, 0.5) is 9.59 Å². The van der Waals surface area contributed by atoms with Gasteiger partial charge in [0.1, 0.15) is 0 Å². The minimum atomic E-state index is -0.342. The predicted molar refractivity (Wildman–Crippen MR) is 94.1 cm³/mol. The quantitative estimate of drug-likeness (QED) is 0.549. The van der Waals surface area contributed by atoms with Crippen LogP contribution in [0.15, 0.2) is 22.1 Å². The molecule has 0 aliphatic carbocycles. The molecule has 0 radical (unpaired) electrons. The molecule has 0 atom stereocenters. The Labute approximate surface area is 156 Å². The van der Waals surface area contributed by atoms with Gasteiger partial charge >= 0.3 is 45.4 Å². The summed E-state index contributed by atoms with van der Waals surface area (Å²) in [7, 11) is 16.1. The molecule has 0 saturated heterocycles. The van der Waals surface area contributed by atoms with E-state index in [0.29, 0.717) is 22.8 Å². The maximum absolute atomic E-state index is 11.5. The maximum atomic E-state index is 11.5. The topological polar surface area (TPSA) is 79.4 Å². The van der Waals surface area contributed by atoms with Gasteiger partial charge in [-0.15, -0.1) is 11.4 Å². The summed E-state index contributed by atoms with van der Waals surface area (Å²) in [5.74, 6) is 0. The third-order valence-electron chi connectivity index (χ3n) is 2.67. The number of hydrogen-bond donors (Lipinski definition) is 0. The van der Waals surface area contributed by atoms with Crippen LogP contribution < -0.4 is 4.98 Å². The third kappa shape index (κ3) is 7.97. The van der Waals surface area contributed by atoms with Crippen LogP contribution >= 0.6 is 20.2 Å². The molecule has 0 spiro atoms. The number of amides is 4. The van der Waals surface area contributed by atoms with Crippen molar-refractivity contribution in [2.75, 3.05) is 28.2 Å². The van der Waals surface area contributed by atoms with E-state index >= 15 is 0 Å². The molecule has 1 rings (SSSR count). The van der Waals surface area contributed by atoms with E-state index in [2.05, 4.69) is 15.0 Å². The van der Waals surface area contributed by atoms with Gasteiger partial charge in [-0.05, 0) is 13.8 Å². The fourth-order valence-corrected chi connectivity index (χ4v) is 1.37. The van der Waals surface area contributed by atoms with Gasteiger partial charge in [-0.25, -0.2) is 19.6 Å². The summed E-state index contributed by atoms with van der Waals surface area (Å²) >= 11 is 0.194. The van der Waals surface area contributed by atoms with Crippen LogP contribution in [0.5, 0.6) is 0 Å². The molecule has 0 fully saturated rings. The fraction of sp³-hybridized carbons (Fsp3) is 0.429. The van der Waals surface area contributed by atoms with Gasteiger partial charge in [0.2, 0.25) is 0 Å². The number of hydrogen-bond acceptors (Lipinski definition) is 2. The summed E-state index contributed by atoms with van der Waals surface area (Å²) in [5, 5.41) is 0. The zero-order chi connectivity index (χ0) is 18.9. The Morgan fingerprint density at radius 1 is 0.917 bits per heavy atom. The van der Waals surface area contributed by atoms with Crippen LogP contribution in [0.1, 0.15) is 25.2 Å². The molecule has 7 nitrogen and oxygen atoms in total. The molecule has 0 unspecified atom stereocenters. The SMILES string of the molecule is C/C(=N\C(=O)N(C)C)c1ccc(/C(C)=N/C(=O)N(C)C)[n-]1.[Cl][Fe+][Cl]. The summed E-state index contributed by atoms with van der Waals surface area (Å²) < 4.78 is 0. The molecule has 0 bridgehead atoms. The average Bonchev–Trinajstić information content (AvgIpc) is 2.97. The standard InChI is InChI=1S/C14H21N5O2.2ClH.Fe/c1-9(15-13(20)18(3)4)11-7-8-12(17-11)10(2)16-14(21)19(5)6;;;/h7-8H,1-6H3,(H,15,16,17,20,21);2*1H;/q;;;+3/p-3. The molecule has 24 heavy (non-hydrogen) atoms. The van der Waals surface area contributed by atoms with E-state index in [0.717, 1.165) is 0 Å². The molecule has 10 heteroatoms. The number of aliphatic imine (C=N–C) groups is 2. The van der Waals surface area contributed by atoms with Crippen LogP contribution in [-0.4, -0.2) is 61.5 Å². The molecule has 4 amide bonds. The second-order valence-corrected chi connectivity index (χ2v) is 6.84. The van der Waals surface area contributed by atoms with Crippen molar-refractivity contribution in [2.45, 2.75) is 13.8 Å². The van der Waals surface area contributed by atoms with Gasteiger partial charge in [0.15, 0.2) is 0 Å². The second kappa shape index (κ2) is 11.3. The molecular weight excluding hydrogens is 397 g/mol. The van der Waals surface area contributed by atoms with Gasteiger partial charge in [0.25, 0.3) is 0 Å². The zero-order valence-electron chi connectivity index (χ0n) is 14.3. The first-order chi connectivity index (χ1) is 11.1. The Balaban J connectivity index is 0.00000163. The van der Waals surface area contributed by atoms with Crippen LogP contribution in [0.2, 0.25) is 0 Å². The van der Waals surface area contributed by atoms with Crippen molar-refractivity contribution in [3.05, 3.63) is 23.5 Å². The van der Waals surface area contributed by atoms with E-state index in [1.807, 2.05) is 0 Å². The molecule has 0 N–H and O–H groups in total. The van der Waals surface area contributed by atoms with Crippen molar-refractivity contribution < 1.29 is 22.7 Å². The van der Waals surface area contributed by atoms with E-state index in [1.54, 1.807) is 54.2 Å². The molecule has 0 aliphatic heterocycles. The molecule has 0 aliphatic rings. The summed E-state index contributed by atoms with van der Waals surface area (Å²) in [6, 6.07) is 2.81. The molecule has 1 heterocycles. The number of halogens is 2. The van der Waals surface area contributed by atoms with Crippen molar-refractivity contribution in [1.82, 2.24) is 14.8 Å². The first-order valence-corrected chi connectivity index (χ1v) is 9.70. The van der Waals surface area contributed by atoms with Crippen molar-refractivity contribution in [3.63, 3.8) is 0 Å². The van der Waals surface area contributed by atoms with Crippen molar-refractivity contribution in [1.29, 1.82) is 0 Å². The average molecular weight is 417 g/mol. The van der Waals surface area contributed by atoms with Gasteiger partial charge < -0.3 is 14.8 Å². The summed E-state index contributed by atoms with van der Waals surface area (Å²) in [6.07, 6.45) is 0. The van der Waals surface area contributed by atoms with E-state index in [-0.39, 0.29) is 25.2 Å². The van der Waals surface area contributed by atoms with E-state index < -0.39 is 0 Å². The second-order valence-electron chi connectivity index (χ2n) is 5.01. The van der Waals surface area contributed by atoms with Crippen LogP contribution in [0.3, 0.4) is 0 Å². The Kier molecular flexibility index (Phi) is 10.6. The van der Waals surface area contributed by atoms with Crippen molar-refractivity contribution in [3.8, 4) is 0 Å². The monoisotopic (exact) mass is 416 g/mol. The first-order valence-electron chi connectivity index (χ1n) is 6.66. The van der Waals surface area contributed by atoms with Crippen LogP contribution in [0, 0.1) is 0 Å². The molecule has 0 aromatic carbocycles. The van der Waals surface area contributed by atoms with Gasteiger partial charge in [0, 0.05) is 39.6 Å². The third-order valence-corrected chi connectivity index (χ3v) is 2.67. The normalized spacial score (nSPS) is 11.5. The number of rotatable bonds is 2. The zero-order valence-corrected chi connectivity index (χ0v) is 16.9. The Hall–Kier alpha value is -1.34. The molecule has 1 aromatic rings. The fourth-order valence-electron chi connectivity index (χ4n) is 1.37. The van der Waals surface area contributed by atoms with Crippen molar-refractivity contribution >= 4 is 43.7 Å². The summed E-state index contributed by atoms with van der Waals surface area (Å²) in [5.41, 5.74) is 2.22. The van der Waals surface area contributed by atoms with Crippen LogP contribution in [-0.2, 0) is 13.1 Å². The number of carbonyl (C=O) groups is 2. The summed E-state index contributed by atoms with van der Waals surface area (Å²) in [4.78, 5) is 38.0. The molecular formula is C14H20Cl2FeN5O2. The minimum absolute atomic E-state index is 0.194. The number of urea groups is 2. The van der Waals surface area contributed by atoms with Gasteiger partial charge in [-0.3, -0.25) is 0 Å². The Morgan fingerprint density at radius 2 is 1.21 bits per heavy atom. The first kappa shape index (κ1) is 22.7. The van der Waals surface area contributed by atoms with Crippen molar-refractivity contribution in [2.24, 2.45) is 9.98 Å². The Bertz CT molecular complexity index is 576. The molecule has 1 aromatic heterocycles. The number of carbonyl (C=O) groups excluding carboxylic acids is 2. The molecule has 135 valence electrons. The van der Waals surface area contributed by atoms with Gasteiger partial charge in [0.05, 0.1) is 0 Å². The Morgan fingerprint density at radius 3 is 1.46 bits per heavy atom. The van der Waals surface area contributed by atoms with E-state index in [1.165, 1.54) is 9.80 Å². The molecule has 0 saturated carbocycles. The van der Waals surface area contributed by atoms with Gasteiger partial charge in [-0.1, -0.05) is 12.1 Å².